The molecule has 0 unspecified atom stereocenters. The Morgan fingerprint density at radius 1 is 1.25 bits per heavy atom. The van der Waals surface area contributed by atoms with Crippen LogP contribution in [0.3, 0.4) is 0 Å². The van der Waals surface area contributed by atoms with Gasteiger partial charge < -0.3 is 19.7 Å². The maximum absolute atomic E-state index is 10.6. The van der Waals surface area contributed by atoms with Crippen LogP contribution in [0.4, 0.5) is 0 Å². The van der Waals surface area contributed by atoms with Gasteiger partial charge in [0.25, 0.3) is 0 Å². The van der Waals surface area contributed by atoms with Gasteiger partial charge in [0.1, 0.15) is 0 Å². The lowest BCUT2D eigenvalue weighted by atomic mass is 9.88. The molecule has 2 aliphatic carbocycles. The van der Waals surface area contributed by atoms with Crippen LogP contribution in [-0.4, -0.2) is 73.4 Å². The number of benzene rings is 1. The van der Waals surface area contributed by atoms with Gasteiger partial charge in [-0.05, 0) is 43.6 Å². The van der Waals surface area contributed by atoms with Gasteiger partial charge in [0.15, 0.2) is 0 Å². The number of nitrogens with zero attached hydrogens (tertiary/aromatic N) is 1. The van der Waals surface area contributed by atoms with Crippen molar-refractivity contribution < 1.29 is 19.7 Å². The molecule has 176 valence electrons. The summed E-state index contributed by atoms with van der Waals surface area (Å²) in [6.07, 6.45) is 8.99. The largest absolute Gasteiger partial charge is 0.392 e. The Balaban J connectivity index is 1.19. The molecule has 5 atom stereocenters. The normalized spacial score (nSPS) is 29.4. The van der Waals surface area contributed by atoms with Crippen LogP contribution in [0.1, 0.15) is 30.4 Å². The van der Waals surface area contributed by atoms with E-state index in [0.717, 1.165) is 70.9 Å². The number of rotatable bonds is 10. The van der Waals surface area contributed by atoms with E-state index in [9.17, 15) is 10.2 Å². The monoisotopic (exact) mass is 441 g/mol. The maximum atomic E-state index is 10.6. The molecule has 0 radical (unpaired) electrons. The highest BCUT2D eigenvalue weighted by Gasteiger charge is 2.43. The molecule has 4 rings (SSSR count). The number of allylic oxidation sites excluding steroid dienone is 1. The number of fused-ring (bicyclic) bond motifs is 1. The van der Waals surface area contributed by atoms with Gasteiger partial charge >= 0.3 is 0 Å². The van der Waals surface area contributed by atoms with Crippen molar-refractivity contribution in [1.29, 1.82) is 0 Å². The molecular formula is C27H39NO4. The van der Waals surface area contributed by atoms with E-state index < -0.39 is 6.10 Å². The summed E-state index contributed by atoms with van der Waals surface area (Å²) in [5.41, 5.74) is 3.82. The van der Waals surface area contributed by atoms with Crippen LogP contribution in [0.25, 0.3) is 0 Å². The predicted molar refractivity (Wildman–Crippen MR) is 127 cm³/mol. The van der Waals surface area contributed by atoms with Gasteiger partial charge in [-0.15, -0.1) is 0 Å². The number of aliphatic hydroxyl groups excluding tert-OH is 2. The molecule has 0 spiro atoms. The summed E-state index contributed by atoms with van der Waals surface area (Å²) in [7, 11) is 0. The molecule has 1 aliphatic heterocycles. The number of ether oxygens (including phenoxy) is 2. The molecule has 3 aliphatic rings. The third-order valence-corrected chi connectivity index (χ3v) is 7.26. The first-order valence-corrected chi connectivity index (χ1v) is 12.3. The molecule has 32 heavy (non-hydrogen) atoms. The average Bonchev–Trinajstić information content (AvgIpc) is 3.29. The van der Waals surface area contributed by atoms with Crippen LogP contribution in [0.2, 0.25) is 0 Å². The fourth-order valence-corrected chi connectivity index (χ4v) is 5.52. The number of hydrogen-bond acceptors (Lipinski definition) is 5. The summed E-state index contributed by atoms with van der Waals surface area (Å²) in [5.74, 6) is 1.04. The minimum absolute atomic E-state index is 0.128. The second-order valence-corrected chi connectivity index (χ2v) is 9.70. The van der Waals surface area contributed by atoms with Crippen LogP contribution >= 0.6 is 0 Å². The van der Waals surface area contributed by atoms with Crippen molar-refractivity contribution >= 4 is 0 Å². The third-order valence-electron chi connectivity index (χ3n) is 7.26. The Morgan fingerprint density at radius 2 is 2.09 bits per heavy atom. The van der Waals surface area contributed by atoms with E-state index in [-0.39, 0.29) is 12.0 Å². The zero-order chi connectivity index (χ0) is 22.3. The Bertz CT molecular complexity index is 786. The van der Waals surface area contributed by atoms with Crippen LogP contribution in [0, 0.1) is 24.7 Å². The van der Waals surface area contributed by atoms with E-state index >= 15 is 0 Å². The molecule has 0 amide bonds. The Hall–Kier alpha value is -1.50. The van der Waals surface area contributed by atoms with Gasteiger partial charge in [-0.25, -0.2) is 0 Å². The molecule has 0 aromatic heterocycles. The molecule has 5 heteroatoms. The molecule has 2 N–H and O–H groups in total. The van der Waals surface area contributed by atoms with Crippen molar-refractivity contribution in [2.75, 3.05) is 46.1 Å². The Labute approximate surface area is 192 Å². The van der Waals surface area contributed by atoms with Crippen molar-refractivity contribution in [3.63, 3.8) is 0 Å². The lowest BCUT2D eigenvalue weighted by Crippen LogP contribution is -2.38. The van der Waals surface area contributed by atoms with E-state index in [4.69, 9.17) is 9.47 Å². The van der Waals surface area contributed by atoms with Crippen LogP contribution < -0.4 is 0 Å². The molecule has 1 heterocycles. The lowest BCUT2D eigenvalue weighted by Gasteiger charge is -2.26. The zero-order valence-corrected chi connectivity index (χ0v) is 19.4. The van der Waals surface area contributed by atoms with Crippen molar-refractivity contribution in [2.24, 2.45) is 17.8 Å². The van der Waals surface area contributed by atoms with Gasteiger partial charge in [0, 0.05) is 32.0 Å². The average molecular weight is 442 g/mol. The van der Waals surface area contributed by atoms with E-state index in [1.165, 1.54) is 11.1 Å². The summed E-state index contributed by atoms with van der Waals surface area (Å²) in [6.45, 7) is 8.29. The number of aryl methyl sites for hydroxylation is 1. The minimum Gasteiger partial charge on any atom is -0.392 e. The molecule has 0 bridgehead atoms. The van der Waals surface area contributed by atoms with Crippen LogP contribution in [0.15, 0.2) is 48.1 Å². The molecule has 1 aromatic carbocycles. The number of aliphatic hydroxyl groups is 2. The van der Waals surface area contributed by atoms with Crippen molar-refractivity contribution in [3.8, 4) is 0 Å². The zero-order valence-electron chi connectivity index (χ0n) is 19.4. The second kappa shape index (κ2) is 11.6. The van der Waals surface area contributed by atoms with Gasteiger partial charge in [0.05, 0.1) is 38.6 Å². The maximum Gasteiger partial charge on any atom is 0.0761 e. The Kier molecular flexibility index (Phi) is 8.55. The minimum atomic E-state index is -0.517. The summed E-state index contributed by atoms with van der Waals surface area (Å²) >= 11 is 0. The van der Waals surface area contributed by atoms with Crippen molar-refractivity contribution in [2.45, 2.75) is 44.8 Å². The molecule has 1 aromatic rings. The standard InChI is InChI=1S/C27H39NO4/c1-20-3-2-4-21(15-20)17-24(29)5-6-25-26-18-22(16-23(26)19-27(25)30)7-11-31-12-8-28-9-13-32-14-10-28/h2-6,15-16,23-27,29-30H,7-14,17-19H2,1H3/b6-5+/t23-,24+,25+,26-,27+/m0/s1. The summed E-state index contributed by atoms with van der Waals surface area (Å²) < 4.78 is 11.3. The lowest BCUT2D eigenvalue weighted by molar-refractivity contribution is 0.0207. The molecule has 2 fully saturated rings. The van der Waals surface area contributed by atoms with E-state index in [0.29, 0.717) is 18.3 Å². The SMILES string of the molecule is Cc1cccc(C[C@H](O)/C=C/[C@@H]2[C@H]3CC(CCOCCN4CCOCC4)=C[C@H]3C[C@H]2O)c1. The highest BCUT2D eigenvalue weighted by molar-refractivity contribution is 5.24. The van der Waals surface area contributed by atoms with Crippen molar-refractivity contribution in [1.82, 2.24) is 4.90 Å². The highest BCUT2D eigenvalue weighted by Crippen LogP contribution is 2.47. The summed E-state index contributed by atoms with van der Waals surface area (Å²) in [6, 6.07) is 8.28. The fraction of sp³-hybridized carbons (Fsp3) is 0.630. The molecule has 1 saturated heterocycles. The summed E-state index contributed by atoms with van der Waals surface area (Å²) in [5, 5.41) is 21.1. The number of hydrogen-bond donors (Lipinski definition) is 2. The first kappa shape index (κ1) is 23.7. The Morgan fingerprint density at radius 3 is 2.91 bits per heavy atom. The highest BCUT2D eigenvalue weighted by atomic mass is 16.5. The van der Waals surface area contributed by atoms with Crippen LogP contribution in [0.5, 0.6) is 0 Å². The fourth-order valence-electron chi connectivity index (χ4n) is 5.52. The predicted octanol–water partition coefficient (Wildman–Crippen LogP) is 3.14. The first-order chi connectivity index (χ1) is 15.6. The molecule has 1 saturated carbocycles. The second-order valence-electron chi connectivity index (χ2n) is 9.70. The van der Waals surface area contributed by atoms with Crippen LogP contribution in [-0.2, 0) is 15.9 Å². The van der Waals surface area contributed by atoms with E-state index in [1.54, 1.807) is 0 Å². The quantitative estimate of drug-likeness (QED) is 0.432. The third kappa shape index (κ3) is 6.52. The van der Waals surface area contributed by atoms with Gasteiger partial charge in [0.2, 0.25) is 0 Å². The summed E-state index contributed by atoms with van der Waals surface area (Å²) in [4.78, 5) is 2.40. The smallest absolute Gasteiger partial charge is 0.0761 e. The van der Waals surface area contributed by atoms with Gasteiger partial charge in [-0.2, -0.15) is 0 Å². The molecular weight excluding hydrogens is 402 g/mol. The van der Waals surface area contributed by atoms with Gasteiger partial charge in [-0.3, -0.25) is 4.90 Å². The van der Waals surface area contributed by atoms with Crippen molar-refractivity contribution in [3.05, 3.63) is 59.2 Å². The molecule has 5 nitrogen and oxygen atoms in total. The van der Waals surface area contributed by atoms with E-state index in [2.05, 4.69) is 42.2 Å². The first-order valence-electron chi connectivity index (χ1n) is 12.3. The topological polar surface area (TPSA) is 62.2 Å². The van der Waals surface area contributed by atoms with E-state index in [1.807, 2.05) is 12.1 Å². The number of morpholine rings is 1. The van der Waals surface area contributed by atoms with Gasteiger partial charge in [-0.1, -0.05) is 53.6 Å².